The number of anilines is 1. The molecular weight excluding hydrogens is 533 g/mol. The number of aryl methyl sites for hydroxylation is 1. The van der Waals surface area contributed by atoms with E-state index in [0.29, 0.717) is 11.1 Å². The van der Waals surface area contributed by atoms with Crippen LogP contribution in [0.1, 0.15) is 66.9 Å². The van der Waals surface area contributed by atoms with Gasteiger partial charge in [-0.1, -0.05) is 0 Å². The Balaban J connectivity index is 2.03. The van der Waals surface area contributed by atoms with Crippen molar-refractivity contribution in [2.24, 2.45) is 0 Å². The van der Waals surface area contributed by atoms with Crippen LogP contribution in [0.2, 0.25) is 0 Å². The summed E-state index contributed by atoms with van der Waals surface area (Å²) < 4.78 is 66.9. The highest BCUT2D eigenvalue weighted by atomic mass is 32.1. The number of hydrogen-bond donors (Lipinski definition) is 3. The molecule has 0 aliphatic carbocycles. The minimum atomic E-state index is -4.50. The first-order chi connectivity index (χ1) is 17.3. The summed E-state index contributed by atoms with van der Waals surface area (Å²) >= 11 is 0.820. The molecule has 8 nitrogen and oxygen atoms in total. The predicted molar refractivity (Wildman–Crippen MR) is 133 cm³/mol. The van der Waals surface area contributed by atoms with Crippen molar-refractivity contribution in [2.45, 2.75) is 83.8 Å². The highest BCUT2D eigenvalue weighted by Gasteiger charge is 2.46. The molecule has 0 bridgehead atoms. The zero-order chi connectivity index (χ0) is 28.8. The Morgan fingerprint density at radius 2 is 1.87 bits per heavy atom. The molecule has 0 radical (unpaired) electrons. The number of thiazole rings is 1. The van der Waals surface area contributed by atoms with Crippen molar-refractivity contribution >= 4 is 29.0 Å². The van der Waals surface area contributed by atoms with E-state index in [2.05, 4.69) is 20.6 Å². The van der Waals surface area contributed by atoms with Gasteiger partial charge in [0.1, 0.15) is 17.6 Å². The lowest BCUT2D eigenvalue weighted by Crippen LogP contribution is -2.47. The predicted octanol–water partition coefficient (Wildman–Crippen LogP) is 4.64. The standard InChI is InChI=1S/C24H30F5N5O3S/c1-11-7-16(31-14(4)24(27,28)29)30-9-15(11)18-17(21(36)34-10-23(25,26)8-12(34)2)33-20(38-18)19(35)32-13(3)22(5,6)37/h7,9,12-14,37H,8,10H2,1-6H3,(H,30,31)(H,32,35)/t12-,13+,14-/m0/s1. The zero-order valence-corrected chi connectivity index (χ0v) is 22.5. The quantitative estimate of drug-likeness (QED) is 0.424. The molecule has 3 rings (SSSR count). The van der Waals surface area contributed by atoms with E-state index in [1.165, 1.54) is 33.0 Å². The van der Waals surface area contributed by atoms with Crippen molar-refractivity contribution in [3.8, 4) is 10.4 Å². The van der Waals surface area contributed by atoms with Crippen LogP contribution in [0.5, 0.6) is 0 Å². The van der Waals surface area contributed by atoms with Gasteiger partial charge in [0, 0.05) is 24.2 Å². The molecule has 1 fully saturated rings. The van der Waals surface area contributed by atoms with Crippen LogP contribution < -0.4 is 10.6 Å². The maximum absolute atomic E-state index is 14.0. The largest absolute Gasteiger partial charge is 0.408 e. The number of nitrogens with one attached hydrogen (secondary N) is 2. The van der Waals surface area contributed by atoms with Crippen molar-refractivity contribution in [1.29, 1.82) is 0 Å². The third-order valence-corrected chi connectivity index (χ3v) is 7.52. The molecule has 14 heteroatoms. The Hall–Kier alpha value is -2.87. The number of pyridine rings is 1. The molecule has 2 amide bonds. The molecular formula is C24H30F5N5O3S. The molecule has 2 aromatic rings. The second-order valence-corrected chi connectivity index (χ2v) is 11.2. The summed E-state index contributed by atoms with van der Waals surface area (Å²) in [5.74, 6) is -4.62. The third kappa shape index (κ3) is 6.57. The molecule has 2 aromatic heterocycles. The topological polar surface area (TPSA) is 107 Å². The number of hydrogen-bond acceptors (Lipinski definition) is 7. The van der Waals surface area contributed by atoms with Gasteiger partial charge in [-0.2, -0.15) is 13.2 Å². The third-order valence-electron chi connectivity index (χ3n) is 6.43. The fourth-order valence-corrected chi connectivity index (χ4v) is 4.81. The monoisotopic (exact) mass is 563 g/mol. The van der Waals surface area contributed by atoms with E-state index < -0.39 is 60.6 Å². The van der Waals surface area contributed by atoms with Crippen molar-refractivity contribution in [3.05, 3.63) is 28.5 Å². The Kier molecular flexibility index (Phi) is 8.09. The van der Waals surface area contributed by atoms with E-state index in [-0.39, 0.29) is 21.4 Å². The lowest BCUT2D eigenvalue weighted by Gasteiger charge is -2.26. The summed E-state index contributed by atoms with van der Waals surface area (Å²) in [6, 6.07) is -1.99. The molecule has 210 valence electrons. The smallest absolute Gasteiger partial charge is 0.388 e. The number of halogens is 5. The van der Waals surface area contributed by atoms with Gasteiger partial charge in [-0.3, -0.25) is 9.59 Å². The summed E-state index contributed by atoms with van der Waals surface area (Å²) in [6.07, 6.45) is -3.77. The molecule has 3 atom stereocenters. The Morgan fingerprint density at radius 1 is 1.24 bits per heavy atom. The molecule has 1 aliphatic heterocycles. The first-order valence-corrected chi connectivity index (χ1v) is 12.6. The van der Waals surface area contributed by atoms with Gasteiger partial charge in [0.05, 0.1) is 23.1 Å². The second kappa shape index (κ2) is 10.4. The number of carbonyl (C=O) groups excluding carboxylic acids is 2. The van der Waals surface area contributed by atoms with Gasteiger partial charge in [-0.05, 0) is 53.2 Å². The molecule has 0 saturated carbocycles. The number of amides is 2. The van der Waals surface area contributed by atoms with Crippen molar-refractivity contribution < 1.29 is 36.6 Å². The Bertz CT molecular complexity index is 1210. The maximum Gasteiger partial charge on any atom is 0.408 e. The van der Waals surface area contributed by atoms with Crippen LogP contribution in [0.25, 0.3) is 10.4 Å². The maximum atomic E-state index is 14.0. The van der Waals surface area contributed by atoms with E-state index in [1.807, 2.05) is 0 Å². The van der Waals surface area contributed by atoms with Crippen LogP contribution >= 0.6 is 11.3 Å². The molecule has 1 saturated heterocycles. The Labute approximate surface area is 220 Å². The van der Waals surface area contributed by atoms with Crippen molar-refractivity contribution in [1.82, 2.24) is 20.2 Å². The van der Waals surface area contributed by atoms with Gasteiger partial charge in [0.15, 0.2) is 5.01 Å². The Morgan fingerprint density at radius 3 is 2.37 bits per heavy atom. The number of alkyl halides is 5. The first kappa shape index (κ1) is 29.7. The van der Waals surface area contributed by atoms with Crippen LogP contribution in [0.3, 0.4) is 0 Å². The van der Waals surface area contributed by atoms with Crippen LogP contribution in [-0.4, -0.2) is 74.2 Å². The lowest BCUT2D eigenvalue weighted by atomic mass is 10.0. The van der Waals surface area contributed by atoms with E-state index in [0.717, 1.165) is 23.2 Å². The second-order valence-electron chi connectivity index (χ2n) is 10.2. The number of aliphatic hydroxyl groups is 1. The highest BCUT2D eigenvalue weighted by Crippen LogP contribution is 2.38. The van der Waals surface area contributed by atoms with E-state index in [9.17, 15) is 36.6 Å². The molecule has 38 heavy (non-hydrogen) atoms. The van der Waals surface area contributed by atoms with Gasteiger partial charge < -0.3 is 20.6 Å². The fourth-order valence-electron chi connectivity index (χ4n) is 3.78. The van der Waals surface area contributed by atoms with Crippen LogP contribution in [0, 0.1) is 6.92 Å². The summed E-state index contributed by atoms with van der Waals surface area (Å²) in [7, 11) is 0. The minimum Gasteiger partial charge on any atom is -0.388 e. The average molecular weight is 564 g/mol. The zero-order valence-electron chi connectivity index (χ0n) is 21.7. The number of rotatable bonds is 7. The lowest BCUT2D eigenvalue weighted by molar-refractivity contribution is -0.138. The molecule has 0 unspecified atom stereocenters. The summed E-state index contributed by atoms with van der Waals surface area (Å²) in [5, 5.41) is 14.9. The fraction of sp³-hybridized carbons (Fsp3) is 0.583. The van der Waals surface area contributed by atoms with Gasteiger partial charge >= 0.3 is 6.18 Å². The number of likely N-dealkylation sites (tertiary alicyclic amines) is 1. The highest BCUT2D eigenvalue weighted by molar-refractivity contribution is 7.17. The summed E-state index contributed by atoms with van der Waals surface area (Å²) in [5.41, 5.74) is -0.771. The van der Waals surface area contributed by atoms with E-state index in [4.69, 9.17) is 0 Å². The number of carbonyl (C=O) groups is 2. The summed E-state index contributed by atoms with van der Waals surface area (Å²) in [4.78, 5) is 35.7. The van der Waals surface area contributed by atoms with Gasteiger partial charge in [-0.25, -0.2) is 18.7 Å². The van der Waals surface area contributed by atoms with Crippen LogP contribution in [-0.2, 0) is 0 Å². The van der Waals surface area contributed by atoms with Crippen molar-refractivity contribution in [2.75, 3.05) is 11.9 Å². The molecule has 3 heterocycles. The van der Waals surface area contributed by atoms with E-state index in [1.54, 1.807) is 13.8 Å². The van der Waals surface area contributed by atoms with Crippen molar-refractivity contribution in [3.63, 3.8) is 0 Å². The van der Waals surface area contributed by atoms with Crippen LogP contribution in [0.15, 0.2) is 12.3 Å². The molecule has 3 N–H and O–H groups in total. The van der Waals surface area contributed by atoms with Crippen LogP contribution in [0.4, 0.5) is 27.8 Å². The number of aromatic nitrogens is 2. The van der Waals surface area contributed by atoms with Gasteiger partial charge in [-0.15, -0.1) is 11.3 Å². The molecule has 0 spiro atoms. The molecule has 0 aromatic carbocycles. The SMILES string of the molecule is Cc1cc(N[C@@H](C)C(F)(F)F)ncc1-c1sc(C(=O)N[C@H](C)C(C)(C)O)nc1C(=O)N1CC(F)(F)C[C@@H]1C. The number of nitrogens with zero attached hydrogens (tertiary/aromatic N) is 3. The normalized spacial score (nSPS) is 19.3. The first-order valence-electron chi connectivity index (χ1n) is 11.8. The van der Waals surface area contributed by atoms with Gasteiger partial charge in [0.2, 0.25) is 0 Å². The average Bonchev–Trinajstić information content (AvgIpc) is 3.32. The minimum absolute atomic E-state index is 0.0572. The molecule has 1 aliphatic rings. The summed E-state index contributed by atoms with van der Waals surface area (Å²) in [6.45, 7) is 7.77. The van der Waals surface area contributed by atoms with E-state index >= 15 is 0 Å². The van der Waals surface area contributed by atoms with Gasteiger partial charge in [0.25, 0.3) is 17.7 Å².